The summed E-state index contributed by atoms with van der Waals surface area (Å²) in [6.45, 7) is 3.76. The van der Waals surface area contributed by atoms with Gasteiger partial charge in [0.15, 0.2) is 6.04 Å². The second kappa shape index (κ2) is 9.80. The Kier molecular flexibility index (Phi) is 7.15. The lowest BCUT2D eigenvalue weighted by molar-refractivity contribution is -0.555. The monoisotopic (exact) mass is 429 g/mol. The molecule has 1 aromatic heterocycles. The van der Waals surface area contributed by atoms with E-state index in [4.69, 9.17) is 20.7 Å². The first-order chi connectivity index (χ1) is 14.2. The number of hydrogen-bond donors (Lipinski definition) is 2. The Hall–Kier alpha value is -2.80. The van der Waals surface area contributed by atoms with Gasteiger partial charge in [-0.25, -0.2) is 0 Å². The van der Waals surface area contributed by atoms with Crippen LogP contribution in [-0.4, -0.2) is 33.8 Å². The number of nitrogens with zero attached hydrogens (tertiary/aromatic N) is 3. The molecule has 3 aromatic rings. The lowest BCUT2D eigenvalue weighted by Gasteiger charge is -2.08. The van der Waals surface area contributed by atoms with Crippen LogP contribution in [0.4, 0.5) is 0 Å². The molecule has 1 aliphatic heterocycles. The highest BCUT2D eigenvalue weighted by molar-refractivity contribution is 5.87. The predicted molar refractivity (Wildman–Crippen MR) is 113 cm³/mol. The maximum atomic E-state index is 5.85. The fourth-order valence-corrected chi connectivity index (χ4v) is 3.82. The summed E-state index contributed by atoms with van der Waals surface area (Å²) in [7, 11) is 0. The average molecular weight is 430 g/mol. The number of unbranched alkanes of at least 4 members (excludes halogenated alkanes) is 2. The largest absolute Gasteiger partial charge is 1.00 e. The number of nitrogens with two attached hydrogens (primary N) is 2. The summed E-state index contributed by atoms with van der Waals surface area (Å²) >= 11 is 0. The highest BCUT2D eigenvalue weighted by Crippen LogP contribution is 2.30. The van der Waals surface area contributed by atoms with Crippen molar-refractivity contribution in [3.8, 4) is 17.1 Å². The third-order valence-electron chi connectivity index (χ3n) is 5.40. The highest BCUT2D eigenvalue weighted by atomic mass is 35.5. The van der Waals surface area contributed by atoms with Crippen LogP contribution in [0.15, 0.2) is 40.9 Å². The quantitative estimate of drug-likeness (QED) is 0.323. The number of guanidine groups is 1. The number of hydrogen-bond acceptors (Lipinski definition) is 4. The number of halogens is 1. The Balaban J connectivity index is 0.00000256. The Bertz CT molecular complexity index is 1030. The first kappa shape index (κ1) is 21.9. The van der Waals surface area contributed by atoms with E-state index in [0.717, 1.165) is 54.5 Å². The van der Waals surface area contributed by atoms with Gasteiger partial charge in [-0.1, -0.05) is 43.1 Å². The van der Waals surface area contributed by atoms with Gasteiger partial charge in [0.2, 0.25) is 5.82 Å². The van der Waals surface area contributed by atoms with Gasteiger partial charge < -0.3 is 21.7 Å². The van der Waals surface area contributed by atoms with Crippen LogP contribution < -0.4 is 28.6 Å². The normalized spacial score (nSPS) is 15.9. The molecule has 2 heterocycles. The Morgan fingerprint density at radius 3 is 2.77 bits per heavy atom. The maximum Gasteiger partial charge on any atom is 0.341 e. The van der Waals surface area contributed by atoms with Crippen LogP contribution in [0.5, 0.6) is 5.75 Å². The zero-order chi connectivity index (χ0) is 20.2. The number of aromatic nitrogens is 2. The molecule has 0 aliphatic carbocycles. The molecule has 0 spiro atoms. The third-order valence-corrected chi connectivity index (χ3v) is 5.40. The number of benzene rings is 2. The van der Waals surface area contributed by atoms with Gasteiger partial charge in [-0.2, -0.15) is 4.98 Å². The summed E-state index contributed by atoms with van der Waals surface area (Å²) in [5.74, 6) is 2.33. The SMILES string of the molecule is CCCCCOc1ccc2cc(-c3noc([C@@H]4CCC[N+]4=C(N)N)n3)ccc2c1.[Cl-]. The van der Waals surface area contributed by atoms with Crippen molar-refractivity contribution in [2.45, 2.75) is 45.1 Å². The molecular weight excluding hydrogens is 402 g/mol. The van der Waals surface area contributed by atoms with E-state index in [0.29, 0.717) is 17.7 Å². The van der Waals surface area contributed by atoms with Crippen LogP contribution in [0.2, 0.25) is 0 Å². The van der Waals surface area contributed by atoms with Crippen molar-refractivity contribution in [3.63, 3.8) is 0 Å². The minimum Gasteiger partial charge on any atom is -1.00 e. The van der Waals surface area contributed by atoms with E-state index in [-0.39, 0.29) is 18.4 Å². The minimum atomic E-state index is -0.0471. The van der Waals surface area contributed by atoms with Gasteiger partial charge in [-0.15, -0.1) is 0 Å². The molecule has 7 nitrogen and oxygen atoms in total. The number of ether oxygens (including phenoxy) is 1. The fraction of sp³-hybridized carbons (Fsp3) is 0.409. The van der Waals surface area contributed by atoms with Gasteiger partial charge in [0.05, 0.1) is 13.2 Å². The molecule has 4 N–H and O–H groups in total. The first-order valence-corrected chi connectivity index (χ1v) is 10.3. The molecule has 1 saturated heterocycles. The lowest BCUT2D eigenvalue weighted by Crippen LogP contribution is -3.00. The molecule has 4 rings (SSSR count). The zero-order valence-corrected chi connectivity index (χ0v) is 17.9. The molecule has 2 aromatic carbocycles. The van der Waals surface area contributed by atoms with E-state index in [1.165, 1.54) is 12.8 Å². The fourth-order valence-electron chi connectivity index (χ4n) is 3.82. The Labute approximate surface area is 182 Å². The summed E-state index contributed by atoms with van der Waals surface area (Å²) in [5, 5.41) is 6.41. The number of rotatable bonds is 7. The Morgan fingerprint density at radius 1 is 1.17 bits per heavy atom. The molecule has 30 heavy (non-hydrogen) atoms. The smallest absolute Gasteiger partial charge is 0.341 e. The van der Waals surface area contributed by atoms with Crippen LogP contribution >= 0.6 is 0 Å². The van der Waals surface area contributed by atoms with Gasteiger partial charge in [-0.3, -0.25) is 16.0 Å². The van der Waals surface area contributed by atoms with E-state index in [2.05, 4.69) is 41.3 Å². The molecule has 0 amide bonds. The predicted octanol–water partition coefficient (Wildman–Crippen LogP) is 0.584. The zero-order valence-electron chi connectivity index (χ0n) is 17.2. The molecule has 8 heteroatoms. The standard InChI is InChI=1S/C22H27N5O2.ClH/c1-2-3-4-12-28-18-10-9-15-13-17(8-7-16(15)14-18)20-25-21(29-26-20)19-6-5-11-27(19)22(23)24;/h7-10,13-14,19H,2-6,11-12H2,1H3,(H3,23,24);1H/t19-;/m0./s1. The Morgan fingerprint density at radius 2 is 1.97 bits per heavy atom. The number of fused-ring (bicyclic) bond motifs is 1. The summed E-state index contributed by atoms with van der Waals surface area (Å²) in [5.41, 5.74) is 12.5. The van der Waals surface area contributed by atoms with Crippen molar-refractivity contribution in [2.24, 2.45) is 11.5 Å². The van der Waals surface area contributed by atoms with Crippen molar-refractivity contribution in [1.82, 2.24) is 10.1 Å². The summed E-state index contributed by atoms with van der Waals surface area (Å²) in [4.78, 5) is 4.61. The van der Waals surface area contributed by atoms with Crippen LogP contribution in [0.3, 0.4) is 0 Å². The molecule has 0 unspecified atom stereocenters. The molecular formula is C22H28ClN5O2. The van der Waals surface area contributed by atoms with Crippen molar-refractivity contribution >= 4 is 16.7 Å². The maximum absolute atomic E-state index is 5.85. The van der Waals surface area contributed by atoms with Crippen LogP contribution in [0, 0.1) is 0 Å². The van der Waals surface area contributed by atoms with Crippen molar-refractivity contribution in [2.75, 3.05) is 13.2 Å². The van der Waals surface area contributed by atoms with E-state index >= 15 is 0 Å². The first-order valence-electron chi connectivity index (χ1n) is 10.3. The molecule has 0 saturated carbocycles. The summed E-state index contributed by atoms with van der Waals surface area (Å²) in [6.07, 6.45) is 5.37. The second-order valence-electron chi connectivity index (χ2n) is 7.51. The molecule has 1 atom stereocenters. The second-order valence-corrected chi connectivity index (χ2v) is 7.51. The third kappa shape index (κ3) is 4.67. The van der Waals surface area contributed by atoms with Crippen molar-refractivity contribution in [1.29, 1.82) is 0 Å². The van der Waals surface area contributed by atoms with Gasteiger partial charge in [-0.05, 0) is 48.2 Å². The highest BCUT2D eigenvalue weighted by Gasteiger charge is 2.31. The summed E-state index contributed by atoms with van der Waals surface area (Å²) < 4.78 is 13.3. The van der Waals surface area contributed by atoms with Crippen LogP contribution in [0.25, 0.3) is 22.2 Å². The molecule has 0 radical (unpaired) electrons. The van der Waals surface area contributed by atoms with E-state index < -0.39 is 0 Å². The van der Waals surface area contributed by atoms with Crippen molar-refractivity contribution < 1.29 is 26.2 Å². The van der Waals surface area contributed by atoms with Gasteiger partial charge in [0, 0.05) is 5.56 Å². The van der Waals surface area contributed by atoms with Gasteiger partial charge in [0.25, 0.3) is 5.89 Å². The van der Waals surface area contributed by atoms with Crippen LogP contribution in [0.1, 0.15) is 51.0 Å². The van der Waals surface area contributed by atoms with Gasteiger partial charge >= 0.3 is 5.96 Å². The molecule has 160 valence electrons. The minimum absolute atomic E-state index is 0. The van der Waals surface area contributed by atoms with Gasteiger partial charge in [0.1, 0.15) is 5.75 Å². The summed E-state index contributed by atoms with van der Waals surface area (Å²) in [6, 6.07) is 12.2. The van der Waals surface area contributed by atoms with Crippen molar-refractivity contribution in [3.05, 3.63) is 42.3 Å². The molecule has 1 aliphatic rings. The molecule has 1 fully saturated rings. The van der Waals surface area contributed by atoms with E-state index in [1.807, 2.05) is 16.7 Å². The molecule has 0 bridgehead atoms. The average Bonchev–Trinajstić information content (AvgIpc) is 3.40. The van der Waals surface area contributed by atoms with E-state index in [1.54, 1.807) is 0 Å². The van der Waals surface area contributed by atoms with E-state index in [9.17, 15) is 0 Å². The topological polar surface area (TPSA) is 103 Å². The van der Waals surface area contributed by atoms with Crippen LogP contribution in [-0.2, 0) is 0 Å². The lowest BCUT2D eigenvalue weighted by atomic mass is 10.1.